The Morgan fingerprint density at radius 3 is 2.70 bits per heavy atom. The smallest absolute Gasteiger partial charge is 0.319 e. The van der Waals surface area contributed by atoms with Crippen molar-refractivity contribution in [2.45, 2.75) is 6.42 Å². The summed E-state index contributed by atoms with van der Waals surface area (Å²) >= 11 is 0. The van der Waals surface area contributed by atoms with Crippen molar-refractivity contribution in [3.8, 4) is 11.4 Å². The van der Waals surface area contributed by atoms with Crippen molar-refractivity contribution in [1.82, 2.24) is 30.8 Å². The average molecular weight is 409 g/mol. The first kappa shape index (κ1) is 21.1. The van der Waals surface area contributed by atoms with Gasteiger partial charge in [-0.15, -0.1) is 5.10 Å². The Labute approximate surface area is 174 Å². The van der Waals surface area contributed by atoms with Crippen LogP contribution in [0.4, 0.5) is 14.9 Å². The second-order valence-corrected chi connectivity index (χ2v) is 6.59. The van der Waals surface area contributed by atoms with Crippen LogP contribution in [0.2, 0.25) is 0 Å². The fourth-order valence-electron chi connectivity index (χ4n) is 2.77. The van der Waals surface area contributed by atoms with Gasteiger partial charge in [0.2, 0.25) is 0 Å². The van der Waals surface area contributed by atoms with Gasteiger partial charge in [0.15, 0.2) is 5.82 Å². The Balaban J connectivity index is 1.33. The molecule has 3 N–H and O–H groups in total. The molecule has 2 aromatic carbocycles. The molecule has 0 unspecified atom stereocenters. The second kappa shape index (κ2) is 10.8. The number of carbonyl (C=O) groups is 1. The zero-order valence-corrected chi connectivity index (χ0v) is 16.7. The summed E-state index contributed by atoms with van der Waals surface area (Å²) in [6.07, 6.45) is 4.66. The molecule has 0 fully saturated rings. The first-order chi connectivity index (χ1) is 14.6. The van der Waals surface area contributed by atoms with Crippen molar-refractivity contribution in [3.05, 3.63) is 72.1 Å². The number of nitrogens with zero attached hydrogens (tertiary/aromatic N) is 4. The largest absolute Gasteiger partial charge is 0.334 e. The summed E-state index contributed by atoms with van der Waals surface area (Å²) in [6, 6.07) is 13.5. The third-order valence-electron chi connectivity index (χ3n) is 4.31. The molecule has 0 spiro atoms. The quantitative estimate of drug-likeness (QED) is 0.373. The molecule has 0 aliphatic heterocycles. The van der Waals surface area contributed by atoms with Crippen LogP contribution in [0.25, 0.3) is 11.4 Å². The number of halogens is 1. The standard InChI is InChI=1S/C21H24FN7O/c1-29-20(26-27-28-29)17-5-4-6-19(15-17)25-21(30)24-13-3-2-12-23-14-11-16-7-9-18(22)10-8-16/h2-10,15,23H,11-14H2,1H3,(H2,24,25,30). The van der Waals surface area contributed by atoms with Crippen molar-refractivity contribution in [2.75, 3.05) is 25.0 Å². The Morgan fingerprint density at radius 1 is 1.13 bits per heavy atom. The van der Waals surface area contributed by atoms with Gasteiger partial charge in [0.1, 0.15) is 5.82 Å². The first-order valence-corrected chi connectivity index (χ1v) is 9.59. The van der Waals surface area contributed by atoms with Crippen LogP contribution in [-0.4, -0.2) is 45.9 Å². The molecule has 0 bridgehead atoms. The first-order valence-electron chi connectivity index (χ1n) is 9.59. The van der Waals surface area contributed by atoms with E-state index in [4.69, 9.17) is 0 Å². The van der Waals surface area contributed by atoms with Crippen LogP contribution in [0.3, 0.4) is 0 Å². The third-order valence-corrected chi connectivity index (χ3v) is 4.31. The molecule has 3 aromatic rings. The number of benzene rings is 2. The maximum atomic E-state index is 12.9. The lowest BCUT2D eigenvalue weighted by Gasteiger charge is -2.07. The SMILES string of the molecule is Cn1nnnc1-c1cccc(NC(=O)NCC=CCNCCc2ccc(F)cc2)c1. The summed E-state index contributed by atoms with van der Waals surface area (Å²) in [7, 11) is 1.76. The van der Waals surface area contributed by atoms with E-state index in [2.05, 4.69) is 31.5 Å². The monoisotopic (exact) mass is 409 g/mol. The predicted octanol–water partition coefficient (Wildman–Crippen LogP) is 2.53. The fourth-order valence-corrected chi connectivity index (χ4v) is 2.77. The van der Waals surface area contributed by atoms with E-state index in [1.807, 2.05) is 30.4 Å². The molecule has 3 rings (SSSR count). The van der Waals surface area contributed by atoms with Gasteiger partial charge in [0.05, 0.1) is 0 Å². The number of hydrogen-bond acceptors (Lipinski definition) is 5. The molecule has 156 valence electrons. The van der Waals surface area contributed by atoms with E-state index in [0.29, 0.717) is 24.6 Å². The lowest BCUT2D eigenvalue weighted by atomic mass is 10.1. The predicted molar refractivity (Wildman–Crippen MR) is 113 cm³/mol. The van der Waals surface area contributed by atoms with Crippen molar-refractivity contribution in [1.29, 1.82) is 0 Å². The third kappa shape index (κ3) is 6.49. The topological polar surface area (TPSA) is 96.8 Å². The number of carbonyl (C=O) groups excluding carboxylic acids is 1. The molecular weight excluding hydrogens is 385 g/mol. The van der Waals surface area contributed by atoms with Crippen LogP contribution in [0.1, 0.15) is 5.56 Å². The molecule has 8 nitrogen and oxygen atoms in total. The molecule has 2 amide bonds. The maximum absolute atomic E-state index is 12.9. The molecule has 0 atom stereocenters. The van der Waals surface area contributed by atoms with Crippen molar-refractivity contribution in [3.63, 3.8) is 0 Å². The Morgan fingerprint density at radius 2 is 1.93 bits per heavy atom. The van der Waals surface area contributed by atoms with Gasteiger partial charge in [0, 0.05) is 31.4 Å². The number of rotatable bonds is 9. The lowest BCUT2D eigenvalue weighted by Crippen LogP contribution is -2.28. The van der Waals surface area contributed by atoms with Crippen LogP contribution in [0.5, 0.6) is 0 Å². The van der Waals surface area contributed by atoms with E-state index in [9.17, 15) is 9.18 Å². The Kier molecular flexibility index (Phi) is 7.62. The highest BCUT2D eigenvalue weighted by Crippen LogP contribution is 2.19. The summed E-state index contributed by atoms with van der Waals surface area (Å²) in [5.74, 6) is 0.399. The number of nitrogens with one attached hydrogen (secondary N) is 3. The number of hydrogen-bond donors (Lipinski definition) is 3. The molecule has 0 radical (unpaired) electrons. The molecular formula is C21H24FN7O. The van der Waals surface area contributed by atoms with Gasteiger partial charge in [-0.1, -0.05) is 36.4 Å². The van der Waals surface area contributed by atoms with Gasteiger partial charge >= 0.3 is 6.03 Å². The number of aromatic nitrogens is 4. The minimum atomic E-state index is -0.294. The number of aryl methyl sites for hydroxylation is 1. The van der Waals surface area contributed by atoms with Crippen molar-refractivity contribution >= 4 is 11.7 Å². The number of urea groups is 1. The zero-order valence-electron chi connectivity index (χ0n) is 16.7. The number of amides is 2. The van der Waals surface area contributed by atoms with E-state index in [0.717, 1.165) is 24.1 Å². The van der Waals surface area contributed by atoms with Gasteiger partial charge in [-0.25, -0.2) is 13.9 Å². The second-order valence-electron chi connectivity index (χ2n) is 6.59. The molecule has 1 aromatic heterocycles. The Hall–Kier alpha value is -3.59. The fraction of sp³-hybridized carbons (Fsp3) is 0.238. The van der Waals surface area contributed by atoms with E-state index < -0.39 is 0 Å². The Bertz CT molecular complexity index is 985. The van der Waals surface area contributed by atoms with Crippen molar-refractivity contribution in [2.24, 2.45) is 7.05 Å². The molecule has 0 aliphatic rings. The minimum Gasteiger partial charge on any atom is -0.334 e. The summed E-state index contributed by atoms with van der Waals surface area (Å²) < 4.78 is 14.4. The lowest BCUT2D eigenvalue weighted by molar-refractivity contribution is 0.253. The number of tetrazole rings is 1. The minimum absolute atomic E-state index is 0.221. The highest BCUT2D eigenvalue weighted by Gasteiger charge is 2.07. The molecule has 1 heterocycles. The van der Waals surface area contributed by atoms with Gasteiger partial charge in [-0.3, -0.25) is 0 Å². The molecule has 30 heavy (non-hydrogen) atoms. The van der Waals surface area contributed by atoms with E-state index >= 15 is 0 Å². The van der Waals surface area contributed by atoms with Crippen molar-refractivity contribution < 1.29 is 9.18 Å². The zero-order chi connectivity index (χ0) is 21.2. The maximum Gasteiger partial charge on any atom is 0.319 e. The van der Waals surface area contributed by atoms with Gasteiger partial charge < -0.3 is 16.0 Å². The summed E-state index contributed by atoms with van der Waals surface area (Å²) in [4.78, 5) is 12.0. The normalized spacial score (nSPS) is 11.0. The molecule has 0 aliphatic carbocycles. The average Bonchev–Trinajstić information content (AvgIpc) is 3.17. The molecule has 0 saturated carbocycles. The van der Waals surface area contributed by atoms with Gasteiger partial charge in [-0.05, 0) is 53.2 Å². The summed E-state index contributed by atoms with van der Waals surface area (Å²) in [6.45, 7) is 1.90. The van der Waals surface area contributed by atoms with E-state index in [1.165, 1.54) is 12.1 Å². The van der Waals surface area contributed by atoms with Crippen LogP contribution in [0.15, 0.2) is 60.7 Å². The van der Waals surface area contributed by atoms with Crippen LogP contribution in [0, 0.1) is 5.82 Å². The van der Waals surface area contributed by atoms with Crippen LogP contribution in [-0.2, 0) is 13.5 Å². The summed E-state index contributed by atoms with van der Waals surface area (Å²) in [5.41, 5.74) is 2.55. The highest BCUT2D eigenvalue weighted by molar-refractivity contribution is 5.90. The van der Waals surface area contributed by atoms with E-state index in [1.54, 1.807) is 29.9 Å². The summed E-state index contributed by atoms with van der Waals surface area (Å²) in [5, 5.41) is 20.2. The number of anilines is 1. The molecule has 0 saturated heterocycles. The van der Waals surface area contributed by atoms with Crippen LogP contribution >= 0.6 is 0 Å². The van der Waals surface area contributed by atoms with Gasteiger partial charge in [0.25, 0.3) is 0 Å². The molecule has 9 heteroatoms. The highest BCUT2D eigenvalue weighted by atomic mass is 19.1. The van der Waals surface area contributed by atoms with Gasteiger partial charge in [-0.2, -0.15) is 0 Å². The van der Waals surface area contributed by atoms with E-state index in [-0.39, 0.29) is 11.8 Å². The van der Waals surface area contributed by atoms with Crippen LogP contribution < -0.4 is 16.0 Å².